The average molecular weight is 250 g/mol. The van der Waals surface area contributed by atoms with Crippen molar-refractivity contribution in [2.24, 2.45) is 0 Å². The van der Waals surface area contributed by atoms with Crippen LogP contribution in [0.25, 0.3) is 0 Å². The fourth-order valence-electron chi connectivity index (χ4n) is 2.40. The molecule has 1 fully saturated rings. The third kappa shape index (κ3) is 3.59. The Labute approximate surface area is 108 Å². The molecule has 1 amide bonds. The third-order valence-electron chi connectivity index (χ3n) is 3.51. The predicted octanol–water partition coefficient (Wildman–Crippen LogP) is 3.08. The molecule has 0 unspecified atom stereocenters. The first kappa shape index (κ1) is 13.1. The number of unbranched alkanes of at least 4 members (excludes halogenated alkanes) is 1. The standard InChI is InChI=1S/C14H22N2O2/c1-2-3-9-12-10-13(16-18-12)14(17)15-11-7-5-4-6-8-11/h10-11H,2-9H2,1H3,(H,15,17). The summed E-state index contributed by atoms with van der Waals surface area (Å²) in [6.07, 6.45) is 8.94. The maximum atomic E-state index is 12.0. The van der Waals surface area contributed by atoms with Gasteiger partial charge < -0.3 is 9.84 Å². The molecule has 4 nitrogen and oxygen atoms in total. The van der Waals surface area contributed by atoms with E-state index in [9.17, 15) is 4.79 Å². The summed E-state index contributed by atoms with van der Waals surface area (Å²) in [5.74, 6) is 0.721. The van der Waals surface area contributed by atoms with Crippen LogP contribution in [0.15, 0.2) is 10.6 Å². The quantitative estimate of drug-likeness (QED) is 0.873. The van der Waals surface area contributed by atoms with Crippen LogP contribution in [-0.4, -0.2) is 17.1 Å². The lowest BCUT2D eigenvalue weighted by molar-refractivity contribution is 0.0918. The van der Waals surface area contributed by atoms with Crippen LogP contribution >= 0.6 is 0 Å². The van der Waals surface area contributed by atoms with E-state index in [4.69, 9.17) is 4.52 Å². The van der Waals surface area contributed by atoms with Gasteiger partial charge in [-0.05, 0) is 19.3 Å². The first-order valence-electron chi connectivity index (χ1n) is 7.06. The zero-order chi connectivity index (χ0) is 12.8. The summed E-state index contributed by atoms with van der Waals surface area (Å²) in [6, 6.07) is 2.09. The molecule has 100 valence electrons. The zero-order valence-corrected chi connectivity index (χ0v) is 11.1. The number of nitrogens with one attached hydrogen (secondary N) is 1. The molecule has 0 bridgehead atoms. The molecule has 0 atom stereocenters. The average Bonchev–Trinajstić information content (AvgIpc) is 2.86. The fraction of sp³-hybridized carbons (Fsp3) is 0.714. The van der Waals surface area contributed by atoms with Gasteiger partial charge in [0, 0.05) is 18.5 Å². The van der Waals surface area contributed by atoms with Crippen LogP contribution in [0, 0.1) is 0 Å². The number of nitrogens with zero attached hydrogens (tertiary/aromatic N) is 1. The highest BCUT2D eigenvalue weighted by Gasteiger charge is 2.18. The van der Waals surface area contributed by atoms with Crippen molar-refractivity contribution < 1.29 is 9.32 Å². The normalized spacial score (nSPS) is 16.7. The second kappa shape index (κ2) is 6.57. The monoisotopic (exact) mass is 250 g/mol. The molecule has 1 heterocycles. The summed E-state index contributed by atoms with van der Waals surface area (Å²) in [5.41, 5.74) is 0.423. The molecule has 1 aliphatic rings. The summed E-state index contributed by atoms with van der Waals surface area (Å²) in [5, 5.41) is 6.89. The van der Waals surface area contributed by atoms with Gasteiger partial charge in [-0.2, -0.15) is 0 Å². The number of hydrogen-bond acceptors (Lipinski definition) is 3. The van der Waals surface area contributed by atoms with Crippen molar-refractivity contribution in [2.75, 3.05) is 0 Å². The molecule has 1 aliphatic carbocycles. The largest absolute Gasteiger partial charge is 0.361 e. The predicted molar refractivity (Wildman–Crippen MR) is 69.5 cm³/mol. The van der Waals surface area contributed by atoms with Gasteiger partial charge in [-0.3, -0.25) is 4.79 Å². The summed E-state index contributed by atoms with van der Waals surface area (Å²) in [6.45, 7) is 2.13. The molecule has 1 aromatic rings. The summed E-state index contributed by atoms with van der Waals surface area (Å²) in [4.78, 5) is 12.0. The van der Waals surface area contributed by atoms with E-state index in [0.29, 0.717) is 11.7 Å². The van der Waals surface area contributed by atoms with Crippen LogP contribution in [0.1, 0.15) is 68.1 Å². The first-order valence-corrected chi connectivity index (χ1v) is 7.06. The number of carbonyl (C=O) groups is 1. The van der Waals surface area contributed by atoms with Crippen molar-refractivity contribution in [1.82, 2.24) is 10.5 Å². The van der Waals surface area contributed by atoms with Crippen molar-refractivity contribution in [3.8, 4) is 0 Å². The van der Waals surface area contributed by atoms with E-state index >= 15 is 0 Å². The van der Waals surface area contributed by atoms with Crippen LogP contribution in [0.2, 0.25) is 0 Å². The van der Waals surface area contributed by atoms with Crippen LogP contribution in [-0.2, 0) is 6.42 Å². The molecule has 0 radical (unpaired) electrons. The second-order valence-corrected chi connectivity index (χ2v) is 5.09. The number of rotatable bonds is 5. The van der Waals surface area contributed by atoms with Gasteiger partial charge in [0.05, 0.1) is 0 Å². The number of amides is 1. The Morgan fingerprint density at radius 2 is 2.22 bits per heavy atom. The van der Waals surface area contributed by atoms with Gasteiger partial charge in [0.15, 0.2) is 5.69 Å². The van der Waals surface area contributed by atoms with Crippen LogP contribution in [0.4, 0.5) is 0 Å². The molecule has 4 heteroatoms. The molecule has 1 saturated carbocycles. The van der Waals surface area contributed by atoms with E-state index in [-0.39, 0.29) is 5.91 Å². The minimum absolute atomic E-state index is 0.0894. The van der Waals surface area contributed by atoms with Gasteiger partial charge in [-0.25, -0.2) is 0 Å². The first-order chi connectivity index (χ1) is 8.79. The highest BCUT2D eigenvalue weighted by Crippen LogP contribution is 2.18. The van der Waals surface area contributed by atoms with E-state index < -0.39 is 0 Å². The fourth-order valence-corrected chi connectivity index (χ4v) is 2.40. The SMILES string of the molecule is CCCCc1cc(C(=O)NC2CCCCC2)no1. The molecule has 0 aliphatic heterocycles. The lowest BCUT2D eigenvalue weighted by Crippen LogP contribution is -2.36. The van der Waals surface area contributed by atoms with Gasteiger partial charge in [-0.1, -0.05) is 37.8 Å². The molecule has 0 aromatic carbocycles. The Morgan fingerprint density at radius 3 is 2.94 bits per heavy atom. The Morgan fingerprint density at radius 1 is 1.44 bits per heavy atom. The highest BCUT2D eigenvalue weighted by molar-refractivity contribution is 5.92. The van der Waals surface area contributed by atoms with Gasteiger partial charge in [-0.15, -0.1) is 0 Å². The smallest absolute Gasteiger partial charge is 0.273 e. The second-order valence-electron chi connectivity index (χ2n) is 5.09. The third-order valence-corrected chi connectivity index (χ3v) is 3.51. The zero-order valence-electron chi connectivity index (χ0n) is 11.1. The number of aromatic nitrogens is 1. The van der Waals surface area contributed by atoms with Crippen LogP contribution < -0.4 is 5.32 Å². The Bertz CT molecular complexity index is 381. The summed E-state index contributed by atoms with van der Waals surface area (Å²) < 4.78 is 5.17. The van der Waals surface area contributed by atoms with Crippen LogP contribution in [0.5, 0.6) is 0 Å². The molecule has 0 spiro atoms. The van der Waals surface area contributed by atoms with Gasteiger partial charge in [0.25, 0.3) is 5.91 Å². The molecular formula is C14H22N2O2. The Kier molecular flexibility index (Phi) is 4.79. The highest BCUT2D eigenvalue weighted by atomic mass is 16.5. The summed E-state index contributed by atoms with van der Waals surface area (Å²) >= 11 is 0. The number of aryl methyl sites for hydroxylation is 1. The van der Waals surface area contributed by atoms with Gasteiger partial charge in [0.1, 0.15) is 5.76 Å². The lowest BCUT2D eigenvalue weighted by Gasteiger charge is -2.22. The molecule has 18 heavy (non-hydrogen) atoms. The Balaban J connectivity index is 1.85. The van der Waals surface area contributed by atoms with Crippen molar-refractivity contribution in [3.05, 3.63) is 17.5 Å². The maximum absolute atomic E-state index is 12.0. The van der Waals surface area contributed by atoms with Crippen molar-refractivity contribution in [1.29, 1.82) is 0 Å². The number of carbonyl (C=O) groups excluding carboxylic acids is 1. The van der Waals surface area contributed by atoms with E-state index in [2.05, 4.69) is 17.4 Å². The van der Waals surface area contributed by atoms with Crippen molar-refractivity contribution in [2.45, 2.75) is 64.3 Å². The molecular weight excluding hydrogens is 228 g/mol. The molecule has 1 N–H and O–H groups in total. The van der Waals surface area contributed by atoms with E-state index in [0.717, 1.165) is 37.9 Å². The maximum Gasteiger partial charge on any atom is 0.273 e. The molecule has 1 aromatic heterocycles. The van der Waals surface area contributed by atoms with Crippen molar-refractivity contribution in [3.63, 3.8) is 0 Å². The lowest BCUT2D eigenvalue weighted by atomic mass is 9.95. The van der Waals surface area contributed by atoms with E-state index in [1.165, 1.54) is 19.3 Å². The minimum atomic E-state index is -0.0894. The van der Waals surface area contributed by atoms with E-state index in [1.807, 2.05) is 0 Å². The van der Waals surface area contributed by atoms with Gasteiger partial charge in [0.2, 0.25) is 0 Å². The van der Waals surface area contributed by atoms with Crippen molar-refractivity contribution >= 4 is 5.91 Å². The minimum Gasteiger partial charge on any atom is -0.361 e. The molecule has 2 rings (SSSR count). The number of hydrogen-bond donors (Lipinski definition) is 1. The van der Waals surface area contributed by atoms with Gasteiger partial charge >= 0.3 is 0 Å². The molecule has 0 saturated heterocycles. The van der Waals surface area contributed by atoms with Crippen LogP contribution in [0.3, 0.4) is 0 Å². The van der Waals surface area contributed by atoms with E-state index in [1.54, 1.807) is 6.07 Å². The topological polar surface area (TPSA) is 55.1 Å². The Hall–Kier alpha value is -1.32. The summed E-state index contributed by atoms with van der Waals surface area (Å²) in [7, 11) is 0.